The summed E-state index contributed by atoms with van der Waals surface area (Å²) in [5.74, 6) is 0.831. The summed E-state index contributed by atoms with van der Waals surface area (Å²) < 4.78 is 43.9. The van der Waals surface area contributed by atoms with Crippen LogP contribution in [0.4, 0.5) is 8.78 Å². The topological polar surface area (TPSA) is 74.0 Å². The van der Waals surface area contributed by atoms with Gasteiger partial charge < -0.3 is 14.2 Å². The van der Waals surface area contributed by atoms with E-state index in [4.69, 9.17) is 14.2 Å². The van der Waals surface area contributed by atoms with Crippen LogP contribution in [0.5, 0.6) is 11.5 Å². The molecule has 31 heavy (non-hydrogen) atoms. The van der Waals surface area contributed by atoms with E-state index in [2.05, 4.69) is 20.2 Å². The van der Waals surface area contributed by atoms with E-state index in [1.54, 1.807) is 14.0 Å². The molecule has 0 radical (unpaired) electrons. The van der Waals surface area contributed by atoms with Gasteiger partial charge in [0.05, 0.1) is 26.0 Å². The zero-order chi connectivity index (χ0) is 21.8. The minimum Gasteiger partial charge on any atom is -0.493 e. The summed E-state index contributed by atoms with van der Waals surface area (Å²) in [7, 11) is 1.59. The van der Waals surface area contributed by atoms with E-state index >= 15 is 0 Å². The lowest BCUT2D eigenvalue weighted by molar-refractivity contribution is 0.0321. The van der Waals surface area contributed by atoms with E-state index in [9.17, 15) is 8.78 Å². The molecule has 2 aromatic rings. The monoisotopic (exact) mass is 451 g/mol. The normalized spacial score (nSPS) is 18.2. The van der Waals surface area contributed by atoms with Crippen molar-refractivity contribution in [3.8, 4) is 11.5 Å². The third kappa shape index (κ3) is 5.05. The fraction of sp³-hybridized carbons (Fsp3) is 0.450. The summed E-state index contributed by atoms with van der Waals surface area (Å²) >= 11 is 1.24. The van der Waals surface area contributed by atoms with Gasteiger partial charge in [0.15, 0.2) is 11.5 Å². The number of halogens is 2. The number of morpholine rings is 1. The van der Waals surface area contributed by atoms with Crippen LogP contribution in [-0.2, 0) is 4.74 Å². The molecule has 0 atom stereocenters. The minimum absolute atomic E-state index is 0.308. The van der Waals surface area contributed by atoms with Crippen LogP contribution >= 0.6 is 11.8 Å². The van der Waals surface area contributed by atoms with Crippen LogP contribution in [0.3, 0.4) is 0 Å². The van der Waals surface area contributed by atoms with E-state index in [0.717, 1.165) is 48.0 Å². The minimum atomic E-state index is -2.73. The second-order valence-electron chi connectivity index (χ2n) is 6.96. The summed E-state index contributed by atoms with van der Waals surface area (Å²) in [5, 5.41) is 11.9. The van der Waals surface area contributed by atoms with Crippen LogP contribution in [0.15, 0.2) is 33.4 Å². The Kier molecular flexibility index (Phi) is 6.83. The molecule has 0 N–H and O–H groups in total. The van der Waals surface area contributed by atoms with E-state index in [0.29, 0.717) is 29.0 Å². The van der Waals surface area contributed by atoms with Gasteiger partial charge in [-0.3, -0.25) is 4.90 Å². The standard InChI is InChI=1S/C20H23F2N5O3S/c1-13-17(31-20-24-23-19(18(21)22)27(20)25-13)12-14-3-4-15(16(11-14)28-2)30-10-7-26-5-8-29-9-6-26/h3-4,11-12,18H,5-10H2,1-2H3/b17-12-. The average molecular weight is 451 g/mol. The predicted molar refractivity (Wildman–Crippen MR) is 113 cm³/mol. The second kappa shape index (κ2) is 9.75. The third-order valence-corrected chi connectivity index (χ3v) is 5.96. The Balaban J connectivity index is 1.45. The lowest BCUT2D eigenvalue weighted by atomic mass is 10.1. The number of fused-ring (bicyclic) bond motifs is 1. The SMILES string of the molecule is COc1cc(/C=C2\Sc3nnc(C(F)F)n3N=C2C)ccc1OCCN1CCOCC1. The maximum Gasteiger partial charge on any atom is 0.299 e. The van der Waals surface area contributed by atoms with E-state index < -0.39 is 12.2 Å². The largest absolute Gasteiger partial charge is 0.493 e. The van der Waals surface area contributed by atoms with Crippen LogP contribution in [0.25, 0.3) is 6.08 Å². The molecule has 1 aromatic carbocycles. The molecule has 1 saturated heterocycles. The number of allylic oxidation sites excluding steroid dienone is 1. The van der Waals surface area contributed by atoms with Crippen molar-refractivity contribution in [2.45, 2.75) is 18.5 Å². The molecule has 0 unspecified atom stereocenters. The molecular formula is C20H23F2N5O3S. The number of hydrogen-bond acceptors (Lipinski definition) is 8. The number of aromatic nitrogens is 3. The molecule has 166 valence electrons. The number of thioether (sulfide) groups is 1. The number of alkyl halides is 2. The van der Waals surface area contributed by atoms with Crippen molar-refractivity contribution in [1.29, 1.82) is 0 Å². The number of rotatable bonds is 7. The summed E-state index contributed by atoms with van der Waals surface area (Å²) in [4.78, 5) is 3.10. The van der Waals surface area contributed by atoms with Gasteiger partial charge in [-0.15, -0.1) is 10.2 Å². The van der Waals surface area contributed by atoms with Crippen molar-refractivity contribution in [2.75, 3.05) is 46.6 Å². The van der Waals surface area contributed by atoms with Gasteiger partial charge in [0.1, 0.15) is 6.61 Å². The highest BCUT2D eigenvalue weighted by Crippen LogP contribution is 2.35. The molecule has 8 nitrogen and oxygen atoms in total. The van der Waals surface area contributed by atoms with Gasteiger partial charge in [0.25, 0.3) is 6.43 Å². The van der Waals surface area contributed by atoms with Crippen LogP contribution in [0, 0.1) is 0 Å². The first-order valence-corrected chi connectivity index (χ1v) is 10.7. The van der Waals surface area contributed by atoms with Gasteiger partial charge in [0, 0.05) is 24.5 Å². The summed E-state index contributed by atoms with van der Waals surface area (Å²) in [6.07, 6.45) is -0.826. The molecular weight excluding hydrogens is 428 g/mol. The molecule has 3 heterocycles. The molecule has 0 bridgehead atoms. The number of nitrogens with zero attached hydrogens (tertiary/aromatic N) is 5. The Hall–Kier alpha value is -2.50. The highest BCUT2D eigenvalue weighted by Gasteiger charge is 2.25. The van der Waals surface area contributed by atoms with Crippen molar-refractivity contribution in [2.24, 2.45) is 5.10 Å². The number of ether oxygens (including phenoxy) is 3. The molecule has 0 aliphatic carbocycles. The van der Waals surface area contributed by atoms with Gasteiger partial charge in [-0.1, -0.05) is 6.07 Å². The van der Waals surface area contributed by atoms with Crippen molar-refractivity contribution >= 4 is 23.5 Å². The molecule has 11 heteroatoms. The summed E-state index contributed by atoms with van der Waals surface area (Å²) in [5.41, 5.74) is 1.47. The Bertz CT molecular complexity index is 989. The zero-order valence-electron chi connectivity index (χ0n) is 17.3. The first kappa shape index (κ1) is 21.7. The lowest BCUT2D eigenvalue weighted by Gasteiger charge is -2.26. The molecule has 1 fully saturated rings. The van der Waals surface area contributed by atoms with E-state index in [-0.39, 0.29) is 0 Å². The average Bonchev–Trinajstić information content (AvgIpc) is 3.18. The van der Waals surface area contributed by atoms with Gasteiger partial charge in [0.2, 0.25) is 11.0 Å². The first-order valence-electron chi connectivity index (χ1n) is 9.85. The smallest absolute Gasteiger partial charge is 0.299 e. The van der Waals surface area contributed by atoms with Crippen LogP contribution < -0.4 is 9.47 Å². The molecule has 1 aromatic heterocycles. The number of hydrogen-bond donors (Lipinski definition) is 0. The quantitative estimate of drug-likeness (QED) is 0.639. The fourth-order valence-corrected chi connectivity index (χ4v) is 4.11. The molecule has 4 rings (SSSR count). The Labute approximate surface area is 182 Å². The third-order valence-electron chi connectivity index (χ3n) is 4.89. The van der Waals surface area contributed by atoms with Crippen molar-refractivity contribution in [3.63, 3.8) is 0 Å². The molecule has 0 spiro atoms. The Morgan fingerprint density at radius 2 is 2.03 bits per heavy atom. The van der Waals surface area contributed by atoms with Gasteiger partial charge >= 0.3 is 0 Å². The van der Waals surface area contributed by atoms with Crippen LogP contribution in [0.2, 0.25) is 0 Å². The highest BCUT2D eigenvalue weighted by atomic mass is 32.2. The lowest BCUT2D eigenvalue weighted by Crippen LogP contribution is -2.38. The maximum atomic E-state index is 13.0. The van der Waals surface area contributed by atoms with Gasteiger partial charge in [-0.2, -0.15) is 9.78 Å². The van der Waals surface area contributed by atoms with Crippen LogP contribution in [0.1, 0.15) is 24.7 Å². The molecule has 0 saturated carbocycles. The Morgan fingerprint density at radius 3 is 2.77 bits per heavy atom. The maximum absolute atomic E-state index is 13.0. The summed E-state index contributed by atoms with van der Waals surface area (Å²) in [6.45, 7) is 6.49. The zero-order valence-corrected chi connectivity index (χ0v) is 18.1. The van der Waals surface area contributed by atoms with Gasteiger partial charge in [-0.25, -0.2) is 8.78 Å². The Morgan fingerprint density at radius 1 is 1.23 bits per heavy atom. The number of benzene rings is 1. The summed E-state index contributed by atoms with van der Waals surface area (Å²) in [6, 6.07) is 5.65. The van der Waals surface area contributed by atoms with Crippen molar-refractivity contribution in [1.82, 2.24) is 19.8 Å². The first-order chi connectivity index (χ1) is 15.0. The fourth-order valence-electron chi connectivity index (χ4n) is 3.23. The molecule has 0 amide bonds. The van der Waals surface area contributed by atoms with Crippen LogP contribution in [-0.4, -0.2) is 72.0 Å². The molecule has 2 aliphatic rings. The van der Waals surface area contributed by atoms with E-state index in [1.807, 2.05) is 24.3 Å². The molecule has 2 aliphatic heterocycles. The van der Waals surface area contributed by atoms with E-state index in [1.165, 1.54) is 11.8 Å². The predicted octanol–water partition coefficient (Wildman–Crippen LogP) is 3.31. The second-order valence-corrected chi connectivity index (χ2v) is 7.97. The number of methoxy groups -OCH3 is 1. The highest BCUT2D eigenvalue weighted by molar-refractivity contribution is 8.04. The van der Waals surface area contributed by atoms with Crippen molar-refractivity contribution < 1.29 is 23.0 Å². The van der Waals surface area contributed by atoms with Gasteiger partial charge in [-0.05, 0) is 42.5 Å². The van der Waals surface area contributed by atoms with Crippen molar-refractivity contribution in [3.05, 3.63) is 34.5 Å².